The molecule has 108 valence electrons. The number of hydrogen-bond acceptors (Lipinski definition) is 7. The summed E-state index contributed by atoms with van der Waals surface area (Å²) in [6, 6.07) is 1.66. The molecule has 3 aromatic rings. The van der Waals surface area contributed by atoms with E-state index in [0.717, 1.165) is 4.88 Å². The quantitative estimate of drug-likeness (QED) is 0.687. The number of nitrogens with one attached hydrogen (secondary N) is 1. The normalized spacial score (nSPS) is 11.1. The topological polar surface area (TPSA) is 113 Å². The number of aliphatic carboxylic acids is 1. The predicted octanol–water partition coefficient (Wildman–Crippen LogP) is 0.961. The molecule has 0 aliphatic carbocycles. The van der Waals surface area contributed by atoms with Crippen LogP contribution >= 0.6 is 23.1 Å². The number of nitrogens with zero attached hydrogens (tertiary/aromatic N) is 4. The number of aromatic amines is 1. The predicted molar refractivity (Wildman–Crippen MR) is 75.9 cm³/mol. The third-order valence-electron chi connectivity index (χ3n) is 2.66. The number of rotatable bonds is 4. The van der Waals surface area contributed by atoms with Gasteiger partial charge in [0.25, 0.3) is 0 Å². The van der Waals surface area contributed by atoms with Crippen LogP contribution in [0.2, 0.25) is 0 Å². The van der Waals surface area contributed by atoms with E-state index in [2.05, 4.69) is 20.2 Å². The molecule has 0 aliphatic rings. The fourth-order valence-electron chi connectivity index (χ4n) is 1.68. The van der Waals surface area contributed by atoms with Gasteiger partial charge in [-0.25, -0.2) is 24.3 Å². The van der Waals surface area contributed by atoms with Crippen LogP contribution in [-0.2, 0) is 11.2 Å². The first-order chi connectivity index (χ1) is 10.0. The first kappa shape index (κ1) is 13.8. The van der Waals surface area contributed by atoms with Crippen molar-refractivity contribution >= 4 is 34.7 Å². The summed E-state index contributed by atoms with van der Waals surface area (Å²) in [5.74, 6) is -0.881. The van der Waals surface area contributed by atoms with Crippen LogP contribution in [0.3, 0.4) is 0 Å². The smallest absolute Gasteiger partial charge is 0.348 e. The Morgan fingerprint density at radius 2 is 2.38 bits per heavy atom. The molecule has 8 nitrogen and oxygen atoms in total. The first-order valence-electron chi connectivity index (χ1n) is 5.81. The second kappa shape index (κ2) is 5.30. The van der Waals surface area contributed by atoms with Gasteiger partial charge in [-0.3, -0.25) is 4.79 Å². The summed E-state index contributed by atoms with van der Waals surface area (Å²) in [6.07, 6.45) is 1.35. The molecule has 21 heavy (non-hydrogen) atoms. The van der Waals surface area contributed by atoms with Gasteiger partial charge in [0.1, 0.15) is 11.4 Å². The summed E-state index contributed by atoms with van der Waals surface area (Å²) < 4.78 is 2.01. The second-order valence-electron chi connectivity index (χ2n) is 4.15. The van der Waals surface area contributed by atoms with Gasteiger partial charge in [0, 0.05) is 10.9 Å². The van der Waals surface area contributed by atoms with E-state index in [1.54, 1.807) is 13.0 Å². The molecule has 10 heteroatoms. The van der Waals surface area contributed by atoms with E-state index in [0.29, 0.717) is 20.7 Å². The van der Waals surface area contributed by atoms with Gasteiger partial charge >= 0.3 is 11.7 Å². The van der Waals surface area contributed by atoms with Crippen molar-refractivity contribution in [1.82, 2.24) is 24.6 Å². The average molecular weight is 323 g/mol. The molecule has 3 aromatic heterocycles. The molecule has 0 unspecified atom stereocenters. The number of aromatic nitrogens is 5. The highest BCUT2D eigenvalue weighted by atomic mass is 32.2. The van der Waals surface area contributed by atoms with E-state index in [1.807, 2.05) is 0 Å². The minimum atomic E-state index is -0.881. The van der Waals surface area contributed by atoms with Crippen LogP contribution in [0.1, 0.15) is 10.6 Å². The lowest BCUT2D eigenvalue weighted by Crippen LogP contribution is -2.09. The standard InChI is InChI=1S/C11H9N5O3S2/c1-5-6(2-9(17)18)20-11(13-5)21-8-3-7-14-15-10(19)16(7)4-12-8/h3-4H,2H2,1H3,(H,15,19)(H,17,18). The van der Waals surface area contributed by atoms with Crippen molar-refractivity contribution in [1.29, 1.82) is 0 Å². The molecule has 3 rings (SSSR count). The van der Waals surface area contributed by atoms with Gasteiger partial charge in [0.2, 0.25) is 0 Å². The summed E-state index contributed by atoms with van der Waals surface area (Å²) >= 11 is 2.64. The fourth-order valence-corrected chi connectivity index (χ4v) is 3.82. The highest BCUT2D eigenvalue weighted by Crippen LogP contribution is 2.32. The van der Waals surface area contributed by atoms with Crippen LogP contribution in [0.5, 0.6) is 0 Å². The van der Waals surface area contributed by atoms with E-state index >= 15 is 0 Å². The number of carboxylic acid groups (broad SMARTS) is 1. The summed E-state index contributed by atoms with van der Waals surface area (Å²) in [7, 11) is 0. The number of fused-ring (bicyclic) bond motifs is 1. The minimum Gasteiger partial charge on any atom is -0.481 e. The maximum absolute atomic E-state index is 11.3. The fraction of sp³-hybridized carbons (Fsp3) is 0.182. The number of carbonyl (C=O) groups is 1. The summed E-state index contributed by atoms with van der Waals surface area (Å²) in [6.45, 7) is 1.78. The van der Waals surface area contributed by atoms with Crippen LogP contribution in [0.4, 0.5) is 0 Å². The van der Waals surface area contributed by atoms with E-state index in [9.17, 15) is 9.59 Å². The molecular formula is C11H9N5O3S2. The summed E-state index contributed by atoms with van der Waals surface area (Å²) in [5, 5.41) is 15.7. The Balaban J connectivity index is 1.87. The third kappa shape index (κ3) is 2.81. The van der Waals surface area contributed by atoms with E-state index in [1.165, 1.54) is 33.8 Å². The number of hydrogen-bond donors (Lipinski definition) is 2. The second-order valence-corrected chi connectivity index (χ2v) is 6.50. The number of carboxylic acids is 1. The van der Waals surface area contributed by atoms with Crippen LogP contribution in [0, 0.1) is 6.92 Å². The van der Waals surface area contributed by atoms with Crippen molar-refractivity contribution in [3.05, 3.63) is 33.4 Å². The third-order valence-corrected chi connectivity index (χ3v) is 4.81. The number of aryl methyl sites for hydroxylation is 1. The zero-order valence-corrected chi connectivity index (χ0v) is 12.4. The molecule has 0 radical (unpaired) electrons. The first-order valence-corrected chi connectivity index (χ1v) is 7.45. The van der Waals surface area contributed by atoms with Crippen molar-refractivity contribution in [2.24, 2.45) is 0 Å². The Hall–Kier alpha value is -2.20. The molecule has 0 aromatic carbocycles. The number of thiazole rings is 1. The Kier molecular flexibility index (Phi) is 3.47. The summed E-state index contributed by atoms with van der Waals surface area (Å²) in [5.41, 5.74) is 0.835. The van der Waals surface area contributed by atoms with Gasteiger partial charge in [-0.2, -0.15) is 5.10 Å². The Bertz CT molecular complexity index is 881. The monoisotopic (exact) mass is 323 g/mol. The zero-order valence-electron chi connectivity index (χ0n) is 10.7. The van der Waals surface area contributed by atoms with Crippen LogP contribution in [-0.4, -0.2) is 35.6 Å². The molecule has 0 fully saturated rings. The van der Waals surface area contributed by atoms with Gasteiger partial charge in [0.15, 0.2) is 9.99 Å². The van der Waals surface area contributed by atoms with Crippen molar-refractivity contribution in [2.75, 3.05) is 0 Å². The SMILES string of the molecule is Cc1nc(Sc2cc3n[nH]c(=O)n3cn2)sc1CC(=O)O. The van der Waals surface area contributed by atoms with Gasteiger partial charge in [-0.15, -0.1) is 11.3 Å². The van der Waals surface area contributed by atoms with Crippen molar-refractivity contribution in [3.63, 3.8) is 0 Å². The molecule has 2 N–H and O–H groups in total. The highest BCUT2D eigenvalue weighted by molar-refractivity contribution is 8.01. The lowest BCUT2D eigenvalue weighted by Gasteiger charge is -1.96. The van der Waals surface area contributed by atoms with Crippen molar-refractivity contribution in [3.8, 4) is 0 Å². The Morgan fingerprint density at radius 3 is 3.14 bits per heavy atom. The van der Waals surface area contributed by atoms with Crippen molar-refractivity contribution < 1.29 is 9.90 Å². The lowest BCUT2D eigenvalue weighted by atomic mass is 10.3. The molecule has 0 atom stereocenters. The maximum atomic E-state index is 11.3. The molecule has 0 saturated carbocycles. The van der Waals surface area contributed by atoms with Gasteiger partial charge < -0.3 is 5.11 Å². The molecule has 0 saturated heterocycles. The molecule has 0 amide bonds. The zero-order chi connectivity index (χ0) is 15.0. The minimum absolute atomic E-state index is 0.0364. The molecule has 0 aliphatic heterocycles. The van der Waals surface area contributed by atoms with E-state index in [-0.39, 0.29) is 12.1 Å². The molecule has 0 bridgehead atoms. The largest absolute Gasteiger partial charge is 0.481 e. The van der Waals surface area contributed by atoms with Crippen LogP contribution in [0.25, 0.3) is 5.65 Å². The molecular weight excluding hydrogens is 314 g/mol. The highest BCUT2D eigenvalue weighted by Gasteiger charge is 2.13. The average Bonchev–Trinajstić information content (AvgIpc) is 2.94. The Morgan fingerprint density at radius 1 is 1.57 bits per heavy atom. The van der Waals surface area contributed by atoms with Crippen LogP contribution in [0.15, 0.2) is 26.6 Å². The summed E-state index contributed by atoms with van der Waals surface area (Å²) in [4.78, 5) is 31.3. The van der Waals surface area contributed by atoms with Gasteiger partial charge in [-0.1, -0.05) is 0 Å². The molecule has 0 spiro atoms. The number of H-pyrrole nitrogens is 1. The lowest BCUT2D eigenvalue weighted by molar-refractivity contribution is -0.136. The Labute approximate surface area is 125 Å². The van der Waals surface area contributed by atoms with Crippen LogP contribution < -0.4 is 5.69 Å². The maximum Gasteiger partial charge on any atom is 0.348 e. The van der Waals surface area contributed by atoms with E-state index in [4.69, 9.17) is 5.11 Å². The van der Waals surface area contributed by atoms with Crippen molar-refractivity contribution in [2.45, 2.75) is 22.7 Å². The van der Waals surface area contributed by atoms with E-state index < -0.39 is 5.97 Å². The molecule has 3 heterocycles. The van der Waals surface area contributed by atoms with Gasteiger partial charge in [-0.05, 0) is 18.7 Å². The van der Waals surface area contributed by atoms with Gasteiger partial charge in [0.05, 0.1) is 12.1 Å².